The molecular formula is C27H32N2O4. The van der Waals surface area contributed by atoms with E-state index < -0.39 is 23.8 Å². The van der Waals surface area contributed by atoms with Crippen LogP contribution in [0.15, 0.2) is 48.5 Å². The monoisotopic (exact) mass is 448 g/mol. The van der Waals surface area contributed by atoms with Gasteiger partial charge in [0.05, 0.1) is 6.04 Å². The third-order valence-corrected chi connectivity index (χ3v) is 5.42. The maximum Gasteiger partial charge on any atom is 0.408 e. The number of carbonyl (C=O) groups excluding carboxylic acids is 2. The van der Waals surface area contributed by atoms with Crippen molar-refractivity contribution in [2.45, 2.75) is 57.6 Å². The van der Waals surface area contributed by atoms with Gasteiger partial charge in [-0.15, -0.1) is 6.42 Å². The molecule has 0 aliphatic heterocycles. The lowest BCUT2D eigenvalue weighted by Gasteiger charge is -2.21. The zero-order chi connectivity index (χ0) is 23.8. The first-order chi connectivity index (χ1) is 15.8. The quantitative estimate of drug-likeness (QED) is 0.429. The largest absolute Gasteiger partial charge is 0.449 e. The van der Waals surface area contributed by atoms with Gasteiger partial charge in [0.15, 0.2) is 0 Å². The summed E-state index contributed by atoms with van der Waals surface area (Å²) in [6, 6.07) is 16.1. The van der Waals surface area contributed by atoms with Crippen molar-refractivity contribution in [2.24, 2.45) is 0 Å². The minimum absolute atomic E-state index is 0.0402. The Morgan fingerprint density at radius 3 is 2.18 bits per heavy atom. The molecular weight excluding hydrogens is 416 g/mol. The second-order valence-corrected chi connectivity index (χ2v) is 9.11. The highest BCUT2D eigenvalue weighted by Crippen LogP contribution is 2.44. The van der Waals surface area contributed by atoms with Gasteiger partial charge in [0.25, 0.3) is 0 Å². The summed E-state index contributed by atoms with van der Waals surface area (Å²) in [7, 11) is 0. The van der Waals surface area contributed by atoms with E-state index in [1.165, 1.54) is 22.3 Å². The highest BCUT2D eigenvalue weighted by atomic mass is 16.6. The van der Waals surface area contributed by atoms with Crippen molar-refractivity contribution in [1.82, 2.24) is 10.6 Å². The van der Waals surface area contributed by atoms with Crippen molar-refractivity contribution in [3.8, 4) is 23.5 Å². The molecule has 0 radical (unpaired) electrons. The first kappa shape index (κ1) is 24.2. The van der Waals surface area contributed by atoms with Crippen LogP contribution >= 0.6 is 0 Å². The van der Waals surface area contributed by atoms with Crippen LogP contribution in [-0.4, -0.2) is 37.0 Å². The molecule has 0 saturated carbocycles. The van der Waals surface area contributed by atoms with Crippen LogP contribution in [0.2, 0.25) is 0 Å². The van der Waals surface area contributed by atoms with Crippen molar-refractivity contribution < 1.29 is 19.1 Å². The molecule has 6 nitrogen and oxygen atoms in total. The lowest BCUT2D eigenvalue weighted by Crippen LogP contribution is -2.38. The molecule has 174 valence electrons. The van der Waals surface area contributed by atoms with Gasteiger partial charge in [0.1, 0.15) is 12.2 Å². The summed E-state index contributed by atoms with van der Waals surface area (Å²) in [6.45, 7) is 6.16. The van der Waals surface area contributed by atoms with Crippen LogP contribution in [0.4, 0.5) is 9.59 Å². The Hall–Kier alpha value is -3.46. The van der Waals surface area contributed by atoms with Gasteiger partial charge in [-0.3, -0.25) is 0 Å². The molecule has 0 aromatic heterocycles. The Balaban J connectivity index is 1.38. The zero-order valence-electron chi connectivity index (χ0n) is 19.5. The zero-order valence-corrected chi connectivity index (χ0v) is 19.5. The SMILES string of the molecule is C#C[C@H](CCCCNC(=O)OCC1c2ccccc2-c2ccccc21)NC(=O)OC(C)(C)C. The van der Waals surface area contributed by atoms with Crippen molar-refractivity contribution in [3.05, 3.63) is 59.7 Å². The van der Waals surface area contributed by atoms with Gasteiger partial charge >= 0.3 is 12.2 Å². The number of alkyl carbamates (subject to hydrolysis) is 2. The van der Waals surface area contributed by atoms with E-state index in [0.717, 1.165) is 12.8 Å². The van der Waals surface area contributed by atoms with E-state index in [1.807, 2.05) is 24.3 Å². The number of terminal acetylenes is 1. The molecule has 1 aliphatic rings. The van der Waals surface area contributed by atoms with E-state index >= 15 is 0 Å². The summed E-state index contributed by atoms with van der Waals surface area (Å²) in [5.74, 6) is 2.60. The smallest absolute Gasteiger partial charge is 0.408 e. The average molecular weight is 449 g/mol. The molecule has 1 aliphatic carbocycles. The lowest BCUT2D eigenvalue weighted by atomic mass is 9.98. The molecule has 1 atom stereocenters. The number of amides is 2. The molecule has 0 bridgehead atoms. The highest BCUT2D eigenvalue weighted by Gasteiger charge is 2.29. The molecule has 3 rings (SSSR count). The van der Waals surface area contributed by atoms with Gasteiger partial charge in [-0.2, -0.15) is 0 Å². The van der Waals surface area contributed by atoms with Crippen molar-refractivity contribution >= 4 is 12.2 Å². The number of benzene rings is 2. The lowest BCUT2D eigenvalue weighted by molar-refractivity contribution is 0.0514. The Morgan fingerprint density at radius 2 is 1.61 bits per heavy atom. The van der Waals surface area contributed by atoms with Gasteiger partial charge in [-0.1, -0.05) is 54.5 Å². The first-order valence-electron chi connectivity index (χ1n) is 11.3. The predicted octanol–water partition coefficient (Wildman–Crippen LogP) is 5.22. The summed E-state index contributed by atoms with van der Waals surface area (Å²) in [5, 5.41) is 5.47. The van der Waals surface area contributed by atoms with Crippen LogP contribution < -0.4 is 10.6 Å². The van der Waals surface area contributed by atoms with Crippen LogP contribution in [0.5, 0.6) is 0 Å². The highest BCUT2D eigenvalue weighted by molar-refractivity contribution is 5.79. The van der Waals surface area contributed by atoms with Gasteiger partial charge in [-0.05, 0) is 62.3 Å². The van der Waals surface area contributed by atoms with E-state index in [4.69, 9.17) is 15.9 Å². The number of hydrogen-bond acceptors (Lipinski definition) is 4. The molecule has 2 N–H and O–H groups in total. The van der Waals surface area contributed by atoms with Crippen LogP contribution in [-0.2, 0) is 9.47 Å². The minimum atomic E-state index is -0.573. The van der Waals surface area contributed by atoms with Gasteiger partial charge in [0.2, 0.25) is 0 Å². The number of fused-ring (bicyclic) bond motifs is 3. The Labute approximate surface area is 196 Å². The molecule has 33 heavy (non-hydrogen) atoms. The summed E-state index contributed by atoms with van der Waals surface area (Å²) in [6.07, 6.45) is 6.61. The molecule has 0 unspecified atom stereocenters. The summed E-state index contributed by atoms with van der Waals surface area (Å²) < 4.78 is 10.8. The topological polar surface area (TPSA) is 76.7 Å². The molecule has 0 saturated heterocycles. The average Bonchev–Trinajstić information content (AvgIpc) is 3.09. The third kappa shape index (κ3) is 6.76. The molecule has 0 fully saturated rings. The maximum atomic E-state index is 12.2. The van der Waals surface area contributed by atoms with Crippen LogP contribution in [0.3, 0.4) is 0 Å². The fraction of sp³-hybridized carbons (Fsp3) is 0.407. The maximum absolute atomic E-state index is 12.2. The van der Waals surface area contributed by atoms with E-state index in [9.17, 15) is 9.59 Å². The number of rotatable bonds is 8. The standard InChI is InChI=1S/C27H32N2O4/c1-5-19(29-26(31)33-27(2,3)4)12-10-11-17-28-25(30)32-18-24-22-15-8-6-13-20(22)21-14-7-9-16-23(21)24/h1,6-9,13-16,19,24H,10-12,17-18H2,2-4H3,(H,28,30)(H,29,31)/t19-/m1/s1. The van der Waals surface area contributed by atoms with Gasteiger partial charge in [-0.25, -0.2) is 9.59 Å². The second kappa shape index (κ2) is 10.9. The number of nitrogens with one attached hydrogen (secondary N) is 2. The molecule has 0 spiro atoms. The fourth-order valence-electron chi connectivity index (χ4n) is 3.96. The van der Waals surface area contributed by atoms with E-state index in [2.05, 4.69) is 40.8 Å². The Morgan fingerprint density at radius 1 is 1.00 bits per heavy atom. The van der Waals surface area contributed by atoms with Crippen molar-refractivity contribution in [3.63, 3.8) is 0 Å². The summed E-state index contributed by atoms with van der Waals surface area (Å²) in [4.78, 5) is 24.1. The fourth-order valence-corrected chi connectivity index (χ4v) is 3.96. The Kier molecular flexibility index (Phi) is 8.00. The van der Waals surface area contributed by atoms with E-state index in [-0.39, 0.29) is 5.92 Å². The molecule has 6 heteroatoms. The minimum Gasteiger partial charge on any atom is -0.449 e. The number of ether oxygens (including phenoxy) is 2. The summed E-state index contributed by atoms with van der Waals surface area (Å²) in [5.41, 5.74) is 4.19. The van der Waals surface area contributed by atoms with E-state index in [1.54, 1.807) is 20.8 Å². The normalized spacial score (nSPS) is 13.3. The van der Waals surface area contributed by atoms with Gasteiger partial charge in [0, 0.05) is 12.5 Å². The molecule has 2 amide bonds. The van der Waals surface area contributed by atoms with Crippen molar-refractivity contribution in [1.29, 1.82) is 0 Å². The van der Waals surface area contributed by atoms with Crippen LogP contribution in [0.25, 0.3) is 11.1 Å². The number of unbranched alkanes of at least 4 members (excludes halogenated alkanes) is 1. The van der Waals surface area contributed by atoms with Crippen molar-refractivity contribution in [2.75, 3.05) is 13.2 Å². The first-order valence-corrected chi connectivity index (χ1v) is 11.3. The molecule has 0 heterocycles. The summed E-state index contributed by atoms with van der Waals surface area (Å²) >= 11 is 0. The molecule has 2 aromatic rings. The van der Waals surface area contributed by atoms with Crippen LogP contribution in [0, 0.1) is 12.3 Å². The molecule has 2 aromatic carbocycles. The Bertz CT molecular complexity index is 974. The number of carbonyl (C=O) groups is 2. The van der Waals surface area contributed by atoms with E-state index in [0.29, 0.717) is 19.6 Å². The third-order valence-electron chi connectivity index (χ3n) is 5.42. The second-order valence-electron chi connectivity index (χ2n) is 9.11. The predicted molar refractivity (Wildman–Crippen MR) is 129 cm³/mol. The number of hydrogen-bond donors (Lipinski definition) is 2. The van der Waals surface area contributed by atoms with Crippen LogP contribution in [0.1, 0.15) is 57.1 Å². The van der Waals surface area contributed by atoms with Gasteiger partial charge < -0.3 is 20.1 Å².